The molecule has 3 rings (SSSR count). The molecule has 1 aliphatic heterocycles. The number of esters is 1. The van der Waals surface area contributed by atoms with Crippen LogP contribution in [0.2, 0.25) is 0 Å². The number of anilines is 1. The summed E-state index contributed by atoms with van der Waals surface area (Å²) in [6.07, 6.45) is 0.806. The minimum Gasteiger partial charge on any atom is -0.497 e. The zero-order chi connectivity index (χ0) is 21.0. The number of nitrogens with zero attached hydrogens (tertiary/aromatic N) is 1. The van der Waals surface area contributed by atoms with Gasteiger partial charge < -0.3 is 14.8 Å². The van der Waals surface area contributed by atoms with Crippen molar-refractivity contribution < 1.29 is 27.5 Å². The molecule has 1 amide bonds. The molecule has 1 N–H and O–H groups in total. The van der Waals surface area contributed by atoms with Gasteiger partial charge in [0.25, 0.3) is 0 Å². The summed E-state index contributed by atoms with van der Waals surface area (Å²) >= 11 is 1.24. The first kappa shape index (κ1) is 21.3. The highest BCUT2D eigenvalue weighted by Gasteiger charge is 2.32. The Kier molecular flexibility index (Phi) is 6.56. The molecule has 0 saturated carbocycles. The highest BCUT2D eigenvalue weighted by molar-refractivity contribution is 7.89. The zero-order valence-corrected chi connectivity index (χ0v) is 17.7. The van der Waals surface area contributed by atoms with E-state index in [1.165, 1.54) is 42.0 Å². The van der Waals surface area contributed by atoms with Crippen molar-refractivity contribution in [2.24, 2.45) is 5.92 Å². The van der Waals surface area contributed by atoms with Crippen LogP contribution in [0.4, 0.5) is 5.00 Å². The van der Waals surface area contributed by atoms with E-state index in [0.717, 1.165) is 0 Å². The van der Waals surface area contributed by atoms with Crippen LogP contribution in [0.15, 0.2) is 40.6 Å². The lowest BCUT2D eigenvalue weighted by molar-refractivity contribution is -0.120. The molecule has 1 aliphatic rings. The Labute approximate surface area is 173 Å². The number of sulfonamides is 1. The zero-order valence-electron chi connectivity index (χ0n) is 16.1. The summed E-state index contributed by atoms with van der Waals surface area (Å²) < 4.78 is 36.8. The van der Waals surface area contributed by atoms with Gasteiger partial charge in [-0.1, -0.05) is 0 Å². The van der Waals surface area contributed by atoms with Gasteiger partial charge in [-0.2, -0.15) is 4.31 Å². The lowest BCUT2D eigenvalue weighted by atomic mass is 9.97. The number of hydrogen-bond donors (Lipinski definition) is 1. The van der Waals surface area contributed by atoms with Crippen LogP contribution in [0, 0.1) is 5.92 Å². The van der Waals surface area contributed by atoms with E-state index < -0.39 is 16.0 Å². The predicted molar refractivity (Wildman–Crippen MR) is 109 cm³/mol. The molecule has 0 radical (unpaired) electrons. The molecule has 156 valence electrons. The van der Waals surface area contributed by atoms with Crippen LogP contribution in [0.1, 0.15) is 23.2 Å². The quantitative estimate of drug-likeness (QED) is 0.696. The van der Waals surface area contributed by atoms with E-state index in [1.54, 1.807) is 23.6 Å². The minimum atomic E-state index is -3.62. The number of benzene rings is 1. The standard InChI is InChI=1S/C19H22N2O6S2/c1-26-14-3-5-15(6-4-14)29(24,25)21-10-7-13(8-11-21)17(22)20-18-16(9-12-28-18)19(23)27-2/h3-6,9,12-13H,7-8,10-11H2,1-2H3,(H,20,22). The summed E-state index contributed by atoms with van der Waals surface area (Å²) in [4.78, 5) is 24.5. The molecule has 10 heteroatoms. The van der Waals surface area contributed by atoms with Crippen LogP contribution in [0.25, 0.3) is 0 Å². The Bertz CT molecular complexity index is 976. The molecular weight excluding hydrogens is 416 g/mol. The van der Waals surface area contributed by atoms with Crippen LogP contribution in [0.3, 0.4) is 0 Å². The van der Waals surface area contributed by atoms with E-state index in [0.29, 0.717) is 29.2 Å². The highest BCUT2D eigenvalue weighted by atomic mass is 32.2. The minimum absolute atomic E-state index is 0.197. The number of nitrogens with one attached hydrogen (secondary N) is 1. The van der Waals surface area contributed by atoms with Gasteiger partial charge in [0.1, 0.15) is 10.8 Å². The molecule has 0 spiro atoms. The lowest BCUT2D eigenvalue weighted by Gasteiger charge is -2.30. The third kappa shape index (κ3) is 4.60. The number of hydrogen-bond acceptors (Lipinski definition) is 7. The third-order valence-electron chi connectivity index (χ3n) is 4.83. The maximum absolute atomic E-state index is 12.8. The fraction of sp³-hybridized carbons (Fsp3) is 0.368. The van der Waals surface area contributed by atoms with Crippen molar-refractivity contribution >= 4 is 38.2 Å². The van der Waals surface area contributed by atoms with E-state index in [4.69, 9.17) is 9.47 Å². The van der Waals surface area contributed by atoms with Crippen molar-refractivity contribution in [2.45, 2.75) is 17.7 Å². The van der Waals surface area contributed by atoms with Gasteiger partial charge >= 0.3 is 5.97 Å². The SMILES string of the molecule is COC(=O)c1ccsc1NC(=O)C1CCN(S(=O)(=O)c2ccc(OC)cc2)CC1. The smallest absolute Gasteiger partial charge is 0.340 e. The van der Waals surface area contributed by atoms with E-state index in [-0.39, 0.29) is 29.8 Å². The number of methoxy groups -OCH3 is 2. The maximum Gasteiger partial charge on any atom is 0.340 e. The van der Waals surface area contributed by atoms with Crippen molar-refractivity contribution in [3.05, 3.63) is 41.3 Å². The first-order valence-corrected chi connectivity index (χ1v) is 11.3. The van der Waals surface area contributed by atoms with Gasteiger partial charge in [-0.25, -0.2) is 13.2 Å². The normalized spacial score (nSPS) is 15.7. The van der Waals surface area contributed by atoms with Crippen LogP contribution in [-0.2, 0) is 19.6 Å². The molecule has 29 heavy (non-hydrogen) atoms. The first-order chi connectivity index (χ1) is 13.9. The molecule has 1 saturated heterocycles. The van der Waals surface area contributed by atoms with E-state index in [1.807, 2.05) is 0 Å². The van der Waals surface area contributed by atoms with Gasteiger partial charge in [0.05, 0.1) is 24.7 Å². The van der Waals surface area contributed by atoms with E-state index in [9.17, 15) is 18.0 Å². The van der Waals surface area contributed by atoms with Gasteiger partial charge in [-0.05, 0) is 48.6 Å². The number of piperidine rings is 1. The monoisotopic (exact) mass is 438 g/mol. The second-order valence-electron chi connectivity index (χ2n) is 6.50. The highest BCUT2D eigenvalue weighted by Crippen LogP contribution is 2.28. The summed E-state index contributed by atoms with van der Waals surface area (Å²) in [6, 6.07) is 7.83. The van der Waals surface area contributed by atoms with Crippen molar-refractivity contribution in [1.29, 1.82) is 0 Å². The summed E-state index contributed by atoms with van der Waals surface area (Å²) in [5.41, 5.74) is 0.311. The summed E-state index contributed by atoms with van der Waals surface area (Å²) in [5.74, 6) is -0.481. The number of thiophene rings is 1. The first-order valence-electron chi connectivity index (χ1n) is 8.97. The second-order valence-corrected chi connectivity index (χ2v) is 9.35. The Hall–Kier alpha value is -2.43. The average Bonchev–Trinajstić information content (AvgIpc) is 3.21. The molecule has 2 aromatic rings. The predicted octanol–water partition coefficient (Wildman–Crippen LogP) is 2.58. The van der Waals surface area contributed by atoms with Gasteiger partial charge in [-0.3, -0.25) is 4.79 Å². The summed E-state index contributed by atoms with van der Waals surface area (Å²) in [7, 11) is -0.821. The number of carbonyl (C=O) groups excluding carboxylic acids is 2. The molecule has 0 aliphatic carbocycles. The number of amides is 1. The van der Waals surface area contributed by atoms with Crippen LogP contribution >= 0.6 is 11.3 Å². The topological polar surface area (TPSA) is 102 Å². The van der Waals surface area contributed by atoms with Crippen molar-refractivity contribution in [3.8, 4) is 5.75 Å². The Morgan fingerprint density at radius 2 is 1.76 bits per heavy atom. The van der Waals surface area contributed by atoms with Crippen LogP contribution in [-0.4, -0.2) is 51.9 Å². The number of carbonyl (C=O) groups is 2. The van der Waals surface area contributed by atoms with E-state index >= 15 is 0 Å². The molecule has 0 bridgehead atoms. The summed E-state index contributed by atoms with van der Waals surface area (Å²) in [5, 5.41) is 4.91. The Balaban J connectivity index is 1.62. The fourth-order valence-corrected chi connectivity index (χ4v) is 5.39. The molecule has 1 aromatic heterocycles. The molecule has 2 heterocycles. The molecular formula is C19H22N2O6S2. The summed E-state index contributed by atoms with van der Waals surface area (Å²) in [6.45, 7) is 0.501. The average molecular weight is 439 g/mol. The Morgan fingerprint density at radius 3 is 2.34 bits per heavy atom. The van der Waals surface area contributed by atoms with Crippen molar-refractivity contribution in [3.63, 3.8) is 0 Å². The third-order valence-corrected chi connectivity index (χ3v) is 7.57. The molecule has 8 nitrogen and oxygen atoms in total. The lowest BCUT2D eigenvalue weighted by Crippen LogP contribution is -2.41. The molecule has 1 aromatic carbocycles. The number of ether oxygens (including phenoxy) is 2. The van der Waals surface area contributed by atoms with Gasteiger partial charge in [0.15, 0.2) is 0 Å². The van der Waals surface area contributed by atoms with Gasteiger partial charge in [0.2, 0.25) is 15.9 Å². The van der Waals surface area contributed by atoms with Crippen molar-refractivity contribution in [1.82, 2.24) is 4.31 Å². The second kappa shape index (κ2) is 8.93. The molecule has 1 fully saturated rings. The van der Waals surface area contributed by atoms with Gasteiger partial charge in [0, 0.05) is 19.0 Å². The van der Waals surface area contributed by atoms with Crippen LogP contribution < -0.4 is 10.1 Å². The van der Waals surface area contributed by atoms with Gasteiger partial charge in [-0.15, -0.1) is 11.3 Å². The largest absolute Gasteiger partial charge is 0.497 e. The molecule has 0 atom stereocenters. The van der Waals surface area contributed by atoms with Crippen molar-refractivity contribution in [2.75, 3.05) is 32.6 Å². The number of rotatable bonds is 6. The van der Waals surface area contributed by atoms with E-state index in [2.05, 4.69) is 5.32 Å². The Morgan fingerprint density at radius 1 is 1.10 bits per heavy atom. The fourth-order valence-electron chi connectivity index (χ4n) is 3.15. The molecule has 0 unspecified atom stereocenters. The van der Waals surface area contributed by atoms with Crippen LogP contribution in [0.5, 0.6) is 5.75 Å². The maximum atomic E-state index is 12.8.